The summed E-state index contributed by atoms with van der Waals surface area (Å²) in [6.07, 6.45) is 3.28. The lowest BCUT2D eigenvalue weighted by atomic mass is 9.88. The van der Waals surface area contributed by atoms with Crippen molar-refractivity contribution in [3.63, 3.8) is 0 Å². The highest BCUT2D eigenvalue weighted by atomic mass is 16.2. The van der Waals surface area contributed by atoms with Crippen LogP contribution in [-0.4, -0.2) is 19.5 Å². The fourth-order valence-corrected chi connectivity index (χ4v) is 3.32. The van der Waals surface area contributed by atoms with Gasteiger partial charge in [0.05, 0.1) is 12.6 Å². The Morgan fingerprint density at radius 3 is 2.87 bits per heavy atom. The number of hydrogen-bond acceptors (Lipinski definition) is 2. The van der Waals surface area contributed by atoms with Gasteiger partial charge in [-0.1, -0.05) is 36.4 Å². The molecule has 0 heterocycles. The topological polar surface area (TPSA) is 32.3 Å². The molecule has 0 aliphatic heterocycles. The van der Waals surface area contributed by atoms with Gasteiger partial charge in [-0.3, -0.25) is 4.79 Å². The zero-order chi connectivity index (χ0) is 16.2. The first kappa shape index (κ1) is 15.6. The van der Waals surface area contributed by atoms with Crippen LogP contribution in [-0.2, 0) is 11.2 Å². The third-order valence-electron chi connectivity index (χ3n) is 4.53. The summed E-state index contributed by atoms with van der Waals surface area (Å²) in [5, 5.41) is 3.21. The van der Waals surface area contributed by atoms with Gasteiger partial charge in [0.15, 0.2) is 0 Å². The Morgan fingerprint density at radius 1 is 1.22 bits per heavy atom. The molecule has 1 aliphatic rings. The number of carbonyl (C=O) groups is 1. The van der Waals surface area contributed by atoms with E-state index in [9.17, 15) is 4.79 Å². The van der Waals surface area contributed by atoms with E-state index in [1.54, 1.807) is 0 Å². The van der Waals surface area contributed by atoms with Crippen molar-refractivity contribution in [3.8, 4) is 0 Å². The fourth-order valence-electron chi connectivity index (χ4n) is 3.32. The minimum atomic E-state index is 0.0794. The average Bonchev–Trinajstić information content (AvgIpc) is 2.55. The first-order chi connectivity index (χ1) is 11.1. The molecule has 2 aromatic carbocycles. The lowest BCUT2D eigenvalue weighted by molar-refractivity contribution is -0.120. The van der Waals surface area contributed by atoms with E-state index in [0.717, 1.165) is 24.9 Å². The summed E-state index contributed by atoms with van der Waals surface area (Å²) in [5.41, 5.74) is 4.93. The maximum absolute atomic E-state index is 12.4. The number of likely N-dealkylation sites (N-methyl/N-ethyl adjacent to an activating group) is 1. The maximum Gasteiger partial charge on any atom is 0.239 e. The smallest absolute Gasteiger partial charge is 0.239 e. The van der Waals surface area contributed by atoms with E-state index in [1.807, 2.05) is 24.1 Å². The normalized spacial score (nSPS) is 16.5. The highest BCUT2D eigenvalue weighted by molar-refractivity contribution is 5.81. The molecular formula is C20H24N2O. The van der Waals surface area contributed by atoms with E-state index in [1.165, 1.54) is 16.7 Å². The first-order valence-corrected chi connectivity index (χ1v) is 8.28. The molecule has 0 saturated carbocycles. The van der Waals surface area contributed by atoms with E-state index in [4.69, 9.17) is 0 Å². The molecule has 0 fully saturated rings. The fraction of sp³-hybridized carbons (Fsp3) is 0.350. The predicted molar refractivity (Wildman–Crippen MR) is 94.7 cm³/mol. The van der Waals surface area contributed by atoms with Crippen molar-refractivity contribution in [1.29, 1.82) is 0 Å². The molecule has 3 nitrogen and oxygen atoms in total. The van der Waals surface area contributed by atoms with Crippen molar-refractivity contribution in [2.45, 2.75) is 32.2 Å². The Bertz CT molecular complexity index is 696. The average molecular weight is 308 g/mol. The summed E-state index contributed by atoms with van der Waals surface area (Å²) < 4.78 is 0. The molecule has 0 radical (unpaired) electrons. The van der Waals surface area contributed by atoms with E-state index in [0.29, 0.717) is 6.54 Å². The Balaban J connectivity index is 1.64. The van der Waals surface area contributed by atoms with Gasteiger partial charge < -0.3 is 10.2 Å². The molecule has 3 heteroatoms. The van der Waals surface area contributed by atoms with E-state index >= 15 is 0 Å². The molecule has 0 bridgehead atoms. The zero-order valence-electron chi connectivity index (χ0n) is 13.9. The van der Waals surface area contributed by atoms with Gasteiger partial charge in [0.1, 0.15) is 0 Å². The van der Waals surface area contributed by atoms with Crippen molar-refractivity contribution >= 4 is 11.6 Å². The second kappa shape index (κ2) is 6.86. The highest BCUT2D eigenvalue weighted by Crippen LogP contribution is 2.29. The van der Waals surface area contributed by atoms with Gasteiger partial charge in [0, 0.05) is 12.7 Å². The maximum atomic E-state index is 12.4. The number of carbonyl (C=O) groups excluding carboxylic acids is 1. The molecule has 0 saturated heterocycles. The molecule has 1 N–H and O–H groups in total. The summed E-state index contributed by atoms with van der Waals surface area (Å²) in [6, 6.07) is 16.8. The second-order valence-electron chi connectivity index (χ2n) is 6.41. The molecule has 0 aromatic heterocycles. The Labute approximate surface area is 138 Å². The third-order valence-corrected chi connectivity index (χ3v) is 4.53. The molecule has 1 atom stereocenters. The van der Waals surface area contributed by atoms with Gasteiger partial charge in [0.25, 0.3) is 0 Å². The van der Waals surface area contributed by atoms with Gasteiger partial charge >= 0.3 is 0 Å². The molecule has 0 spiro atoms. The van der Waals surface area contributed by atoms with Crippen LogP contribution in [0.25, 0.3) is 0 Å². The quantitative estimate of drug-likeness (QED) is 0.935. The van der Waals surface area contributed by atoms with E-state index in [2.05, 4.69) is 48.6 Å². The molecule has 3 rings (SSSR count). The van der Waals surface area contributed by atoms with Crippen LogP contribution in [0.1, 0.15) is 35.6 Å². The molecule has 23 heavy (non-hydrogen) atoms. The first-order valence-electron chi connectivity index (χ1n) is 8.28. The van der Waals surface area contributed by atoms with E-state index in [-0.39, 0.29) is 11.9 Å². The van der Waals surface area contributed by atoms with E-state index < -0.39 is 0 Å². The number of hydrogen-bond donors (Lipinski definition) is 1. The van der Waals surface area contributed by atoms with Gasteiger partial charge in [-0.2, -0.15) is 0 Å². The van der Waals surface area contributed by atoms with Crippen LogP contribution in [0, 0.1) is 6.92 Å². The van der Waals surface area contributed by atoms with Crippen LogP contribution < -0.4 is 10.2 Å². The molecule has 1 aliphatic carbocycles. The van der Waals surface area contributed by atoms with Crippen LogP contribution in [0.5, 0.6) is 0 Å². The number of benzene rings is 2. The standard InChI is InChI=1S/C20H24N2O/c1-15-7-5-10-17(13-15)22(2)14-20(23)21-19-12-6-9-16-8-3-4-11-18(16)19/h3-5,7-8,10-11,13,19H,6,9,12,14H2,1-2H3,(H,21,23). The summed E-state index contributed by atoms with van der Waals surface area (Å²) in [4.78, 5) is 14.4. The Morgan fingerprint density at radius 2 is 2.04 bits per heavy atom. The van der Waals surface area contributed by atoms with Crippen molar-refractivity contribution in [2.24, 2.45) is 0 Å². The van der Waals surface area contributed by atoms with Crippen LogP contribution in [0.4, 0.5) is 5.69 Å². The molecule has 2 aromatic rings. The SMILES string of the molecule is Cc1cccc(N(C)CC(=O)NC2CCCc3ccccc32)c1. The lowest BCUT2D eigenvalue weighted by Gasteiger charge is -2.27. The minimum Gasteiger partial charge on any atom is -0.365 e. The molecule has 1 amide bonds. The summed E-state index contributed by atoms with van der Waals surface area (Å²) >= 11 is 0. The van der Waals surface area contributed by atoms with Crippen LogP contribution in [0.2, 0.25) is 0 Å². The predicted octanol–water partition coefficient (Wildman–Crippen LogP) is 3.63. The van der Waals surface area contributed by atoms with Crippen LogP contribution in [0.3, 0.4) is 0 Å². The summed E-state index contributed by atoms with van der Waals surface area (Å²) in [5.74, 6) is 0.0794. The Hall–Kier alpha value is -2.29. The monoisotopic (exact) mass is 308 g/mol. The largest absolute Gasteiger partial charge is 0.365 e. The number of aryl methyl sites for hydroxylation is 2. The highest BCUT2D eigenvalue weighted by Gasteiger charge is 2.21. The number of anilines is 1. The second-order valence-corrected chi connectivity index (χ2v) is 6.41. The minimum absolute atomic E-state index is 0.0794. The van der Waals surface area contributed by atoms with Gasteiger partial charge in [-0.05, 0) is 55.0 Å². The summed E-state index contributed by atoms with van der Waals surface area (Å²) in [7, 11) is 1.96. The lowest BCUT2D eigenvalue weighted by Crippen LogP contribution is -2.38. The van der Waals surface area contributed by atoms with Crippen LogP contribution in [0.15, 0.2) is 48.5 Å². The molecular weight excluding hydrogens is 284 g/mol. The molecule has 1 unspecified atom stereocenters. The van der Waals surface area contributed by atoms with Crippen molar-refractivity contribution < 1.29 is 4.79 Å². The number of nitrogens with one attached hydrogen (secondary N) is 1. The third kappa shape index (κ3) is 3.73. The van der Waals surface area contributed by atoms with Crippen LogP contribution >= 0.6 is 0 Å². The van der Waals surface area contributed by atoms with Crippen molar-refractivity contribution in [3.05, 3.63) is 65.2 Å². The van der Waals surface area contributed by atoms with Gasteiger partial charge in [-0.25, -0.2) is 0 Å². The van der Waals surface area contributed by atoms with Crippen molar-refractivity contribution in [1.82, 2.24) is 5.32 Å². The van der Waals surface area contributed by atoms with Gasteiger partial charge in [-0.15, -0.1) is 0 Å². The number of nitrogens with zero attached hydrogens (tertiary/aromatic N) is 1. The summed E-state index contributed by atoms with van der Waals surface area (Å²) in [6.45, 7) is 2.44. The van der Waals surface area contributed by atoms with Crippen molar-refractivity contribution in [2.75, 3.05) is 18.5 Å². The number of amides is 1. The number of fused-ring (bicyclic) bond motifs is 1. The number of rotatable bonds is 4. The van der Waals surface area contributed by atoms with Gasteiger partial charge in [0.2, 0.25) is 5.91 Å². The molecule has 120 valence electrons. The zero-order valence-corrected chi connectivity index (χ0v) is 13.9. The Kier molecular flexibility index (Phi) is 4.65.